The monoisotopic (exact) mass is 702 g/mol. The number of allylic oxidation sites excluding steroid dienone is 3. The highest BCUT2D eigenvalue weighted by Crippen LogP contribution is 2.38. The first-order chi connectivity index (χ1) is 22.7. The van der Waals surface area contributed by atoms with Crippen molar-refractivity contribution in [1.29, 1.82) is 0 Å². The van der Waals surface area contributed by atoms with Gasteiger partial charge in [-0.15, -0.1) is 0 Å². The van der Waals surface area contributed by atoms with Crippen molar-refractivity contribution in [2.24, 2.45) is 0 Å². The van der Waals surface area contributed by atoms with E-state index in [4.69, 9.17) is 0 Å². The van der Waals surface area contributed by atoms with E-state index in [9.17, 15) is 30.0 Å². The lowest BCUT2D eigenvalue weighted by atomic mass is 9.83. The lowest BCUT2D eigenvalue weighted by molar-refractivity contribution is -0.455. The summed E-state index contributed by atoms with van der Waals surface area (Å²) in [6, 6.07) is 24.8. The number of nitrogens with zero attached hydrogens (tertiary/aromatic N) is 3. The maximum atomic E-state index is 12.6. The van der Waals surface area contributed by atoms with Crippen molar-refractivity contribution in [2.75, 3.05) is 48.3 Å². The molecule has 0 atom stereocenters. The fourth-order valence-electron chi connectivity index (χ4n) is 5.71. The van der Waals surface area contributed by atoms with Crippen LogP contribution in [0.2, 0.25) is 0 Å². The Morgan fingerprint density at radius 1 is 0.708 bits per heavy atom. The molecule has 0 spiro atoms. The molecule has 0 bridgehead atoms. The van der Waals surface area contributed by atoms with Crippen molar-refractivity contribution in [2.45, 2.75) is 39.6 Å². The molecule has 13 heteroatoms. The fraction of sp³-hybridized carbons (Fsp3) is 0.343. The van der Waals surface area contributed by atoms with Crippen molar-refractivity contribution < 1.29 is 35.0 Å². The molecule has 0 saturated heterocycles. The predicted octanol–water partition coefficient (Wildman–Crippen LogP) is 5.72. The number of benzene rings is 3. The van der Waals surface area contributed by atoms with Crippen LogP contribution in [-0.2, 0) is 20.0 Å². The molecule has 0 amide bonds. The van der Waals surface area contributed by atoms with E-state index in [1.165, 1.54) is 0 Å². The van der Waals surface area contributed by atoms with Gasteiger partial charge in [0.2, 0.25) is 5.71 Å². The summed E-state index contributed by atoms with van der Waals surface area (Å²) < 4.78 is 86.4. The molecule has 1 aliphatic rings. The summed E-state index contributed by atoms with van der Waals surface area (Å²) in [5.41, 5.74) is 3.08. The van der Waals surface area contributed by atoms with E-state index >= 15 is 0 Å². The first-order valence-corrected chi connectivity index (χ1v) is 18.9. The van der Waals surface area contributed by atoms with Gasteiger partial charge in [-0.2, -0.15) is 13.2 Å². The predicted molar refractivity (Wildman–Crippen MR) is 188 cm³/mol. The standard InChI is InChI=1S/C35H40F3N4O4S2/c1-5-41(6-2)28-18-14-26(15-19-28)34(27-16-20-29(21-17-27)42(7-3)8-4)32-22-23-33(31-13-10-9-12-30(31)32)39-24-11-25-47(43,44)40-48(45,46)35(36,37)38/h9-10,12-23H,5-8,11,24-25H2,1-4H3/q-1/p+1. The van der Waals surface area contributed by atoms with E-state index in [0.717, 1.165) is 71.0 Å². The maximum absolute atomic E-state index is 12.6. The van der Waals surface area contributed by atoms with Gasteiger partial charge in [0.05, 0.1) is 15.6 Å². The minimum atomic E-state index is -6.14. The van der Waals surface area contributed by atoms with Crippen molar-refractivity contribution in [3.63, 3.8) is 0 Å². The number of anilines is 2. The Hall–Kier alpha value is -3.94. The van der Waals surface area contributed by atoms with Gasteiger partial charge in [0, 0.05) is 55.8 Å². The summed E-state index contributed by atoms with van der Waals surface area (Å²) in [5.74, 6) is -0.865. The summed E-state index contributed by atoms with van der Waals surface area (Å²) in [7, 11) is -11.0. The molecule has 8 nitrogen and oxygen atoms in total. The highest BCUT2D eigenvalue weighted by Gasteiger charge is 2.40. The molecule has 3 aromatic rings. The number of alkyl halides is 3. The van der Waals surface area contributed by atoms with E-state index in [0.29, 0.717) is 5.71 Å². The van der Waals surface area contributed by atoms with Gasteiger partial charge in [-0.3, -0.25) is 0 Å². The second-order valence-electron chi connectivity index (χ2n) is 11.1. The Morgan fingerprint density at radius 3 is 1.65 bits per heavy atom. The smallest absolute Gasteiger partial charge is 0.428 e. The van der Waals surface area contributed by atoms with Gasteiger partial charge in [0.15, 0.2) is 10.0 Å². The molecule has 0 heterocycles. The summed E-state index contributed by atoms with van der Waals surface area (Å²) in [6.07, 6.45) is 3.72. The van der Waals surface area contributed by atoms with Crippen LogP contribution in [0, 0.1) is 0 Å². The molecule has 4 rings (SSSR count). The van der Waals surface area contributed by atoms with Crippen molar-refractivity contribution in [3.05, 3.63) is 111 Å². The summed E-state index contributed by atoms with van der Waals surface area (Å²) in [6.45, 7) is 12.1. The first-order valence-electron chi connectivity index (χ1n) is 15.9. The average Bonchev–Trinajstić information content (AvgIpc) is 3.05. The second-order valence-corrected chi connectivity index (χ2v) is 14.7. The van der Waals surface area contributed by atoms with Crippen LogP contribution >= 0.6 is 0 Å². The van der Waals surface area contributed by atoms with E-state index in [1.807, 2.05) is 36.4 Å². The van der Waals surface area contributed by atoms with Crippen LogP contribution in [0.1, 0.15) is 56.4 Å². The number of halogens is 3. The van der Waals surface area contributed by atoms with Crippen LogP contribution in [0.5, 0.6) is 0 Å². The number of nitrogens with one attached hydrogen (secondary N) is 1. The Kier molecular flexibility index (Phi) is 11.9. The second kappa shape index (κ2) is 15.5. The van der Waals surface area contributed by atoms with Crippen LogP contribution in [0.4, 0.5) is 24.5 Å². The third kappa shape index (κ3) is 8.55. The molecule has 1 N–H and O–H groups in total. The lowest BCUT2D eigenvalue weighted by Crippen LogP contribution is -2.73. The van der Waals surface area contributed by atoms with Gasteiger partial charge < -0.3 is 13.9 Å². The Morgan fingerprint density at radius 2 is 1.19 bits per heavy atom. The van der Waals surface area contributed by atoms with Crippen LogP contribution in [0.25, 0.3) is 15.3 Å². The molecule has 258 valence electrons. The largest absolute Gasteiger partial charge is 0.480 e. The van der Waals surface area contributed by atoms with Gasteiger partial charge in [0.1, 0.15) is 6.54 Å². The van der Waals surface area contributed by atoms with Crippen LogP contribution in [0.15, 0.2) is 84.9 Å². The van der Waals surface area contributed by atoms with E-state index < -0.39 is 31.3 Å². The first kappa shape index (κ1) is 36.9. The maximum Gasteiger partial charge on any atom is 0.480 e. The summed E-state index contributed by atoms with van der Waals surface area (Å²) in [5, 5.41) is 0. The average molecular weight is 703 g/mol. The van der Waals surface area contributed by atoms with Crippen LogP contribution < -0.4 is 14.8 Å². The third-order valence-electron chi connectivity index (χ3n) is 8.16. The summed E-state index contributed by atoms with van der Waals surface area (Å²) >= 11 is 0. The number of hydrogen-bond acceptors (Lipinski definition) is 6. The zero-order valence-electron chi connectivity index (χ0n) is 27.5. The Bertz CT molecular complexity index is 1820. The highest BCUT2D eigenvalue weighted by atomic mass is 32.3. The van der Waals surface area contributed by atoms with Gasteiger partial charge in [-0.1, -0.05) is 42.5 Å². The number of hydrogen-bond donors (Lipinski definition) is 1. The van der Waals surface area contributed by atoms with E-state index in [1.54, 1.807) is 0 Å². The van der Waals surface area contributed by atoms with Crippen molar-refractivity contribution >= 4 is 48.3 Å². The Labute approximate surface area is 281 Å². The molecule has 0 saturated carbocycles. The van der Waals surface area contributed by atoms with Gasteiger partial charge >= 0.3 is 5.51 Å². The molecule has 0 aromatic heterocycles. The molecule has 0 unspecified atom stereocenters. The van der Waals surface area contributed by atoms with Crippen LogP contribution in [0.3, 0.4) is 0 Å². The molecule has 0 fully saturated rings. The SMILES string of the molecule is CCN(CC)c1ccc(C(=C2C=CC(=[NH+]CCCS(=O)(=O)[N-]S(=O)(=O)C(F)(F)F)c3ccccc32)c2ccc(N(CC)CC)cc2)cc1. The zero-order chi connectivity index (χ0) is 35.1. The van der Waals surface area contributed by atoms with Crippen molar-refractivity contribution in [3.8, 4) is 0 Å². The summed E-state index contributed by atoms with van der Waals surface area (Å²) in [4.78, 5) is 7.74. The van der Waals surface area contributed by atoms with Gasteiger partial charge in [-0.05, 0) is 91.9 Å². The fourth-order valence-corrected chi connectivity index (χ4v) is 8.05. The quantitative estimate of drug-likeness (QED) is 0.216. The molecule has 0 radical (unpaired) electrons. The van der Waals surface area contributed by atoms with E-state index in [-0.39, 0.29) is 13.0 Å². The molecular formula is C35H41F3N4O4S2. The van der Waals surface area contributed by atoms with Crippen LogP contribution in [-0.4, -0.2) is 66.5 Å². The molecule has 48 heavy (non-hydrogen) atoms. The van der Waals surface area contributed by atoms with Gasteiger partial charge in [0.25, 0.3) is 0 Å². The van der Waals surface area contributed by atoms with Gasteiger partial charge in [-0.25, -0.2) is 21.8 Å². The number of sulfonamides is 2. The Balaban J connectivity index is 1.72. The topological polar surface area (TPSA) is 103 Å². The highest BCUT2D eigenvalue weighted by molar-refractivity contribution is 8.12. The van der Waals surface area contributed by atoms with Crippen molar-refractivity contribution in [1.82, 2.24) is 0 Å². The minimum absolute atomic E-state index is 0.0559. The zero-order valence-corrected chi connectivity index (χ0v) is 29.1. The minimum Gasteiger partial charge on any atom is -0.428 e. The molecule has 1 aliphatic carbocycles. The molecule has 3 aromatic carbocycles. The number of fused-ring (bicyclic) bond motifs is 1. The van der Waals surface area contributed by atoms with E-state index in [2.05, 4.69) is 95.1 Å². The number of rotatable bonds is 14. The molecular weight excluding hydrogens is 662 g/mol. The normalized spacial score (nSPS) is 14.2. The molecule has 0 aliphatic heterocycles. The lowest BCUT2D eigenvalue weighted by Gasteiger charge is -2.24. The third-order valence-corrected chi connectivity index (χ3v) is 11.2.